The molecule has 2 aliphatic rings. The molecule has 0 radical (unpaired) electrons. The minimum absolute atomic E-state index is 0.468. The van der Waals surface area contributed by atoms with Crippen molar-refractivity contribution < 1.29 is 55.1 Å². The van der Waals surface area contributed by atoms with Crippen LogP contribution in [-0.4, -0.2) is 115 Å². The van der Waals surface area contributed by atoms with Gasteiger partial charge in [0, 0.05) is 0 Å². The largest absolute Gasteiger partial charge is 0.394 e. The molecule has 11 nitrogen and oxygen atoms in total. The van der Waals surface area contributed by atoms with Gasteiger partial charge < -0.3 is 55.1 Å². The summed E-state index contributed by atoms with van der Waals surface area (Å²) in [5, 5.41) is 76.1. The molecular formula is C12H22O11. The molecule has 10 atom stereocenters. The molecule has 136 valence electrons. The molecule has 0 unspecified atom stereocenters. The number of aliphatic hydroxyl groups excluding tert-OH is 8. The Morgan fingerprint density at radius 1 is 0.652 bits per heavy atom. The molecule has 0 bridgehead atoms. The second kappa shape index (κ2) is 7.63. The van der Waals surface area contributed by atoms with Gasteiger partial charge >= 0.3 is 0 Å². The third-order valence-electron chi connectivity index (χ3n) is 3.96. The summed E-state index contributed by atoms with van der Waals surface area (Å²) in [5.74, 6) is 0. The highest BCUT2D eigenvalue weighted by Gasteiger charge is 2.46. The minimum Gasteiger partial charge on any atom is -0.394 e. The average molecular weight is 342 g/mol. The van der Waals surface area contributed by atoms with Crippen LogP contribution in [0.25, 0.3) is 0 Å². The summed E-state index contributed by atoms with van der Waals surface area (Å²) < 4.78 is 15.1. The molecule has 0 aromatic carbocycles. The van der Waals surface area contributed by atoms with Crippen LogP contribution in [0.1, 0.15) is 0 Å². The van der Waals surface area contributed by atoms with Crippen LogP contribution in [0.4, 0.5) is 0 Å². The standard InChI is InChI=1S/C12H22O11/c13-1-3-5(14)8(17)10(19)12(23-3)21-2-4-6(15)7(16)9(18)11(20)22-4/h3-20H,1-2H2/t3-,4+,5+,6+,7-,8-,9-,10+,11+,12+/m0/s1. The van der Waals surface area contributed by atoms with E-state index in [1.807, 2.05) is 0 Å². The Kier molecular flexibility index (Phi) is 6.27. The van der Waals surface area contributed by atoms with Crippen LogP contribution in [0.5, 0.6) is 0 Å². The van der Waals surface area contributed by atoms with Gasteiger partial charge in [-0.3, -0.25) is 0 Å². The predicted molar refractivity (Wildman–Crippen MR) is 68.6 cm³/mol. The van der Waals surface area contributed by atoms with Gasteiger partial charge in [-0.05, 0) is 0 Å². The van der Waals surface area contributed by atoms with Gasteiger partial charge in [-0.15, -0.1) is 0 Å². The summed E-state index contributed by atoms with van der Waals surface area (Å²) >= 11 is 0. The van der Waals surface area contributed by atoms with Crippen LogP contribution in [0.15, 0.2) is 0 Å². The molecule has 2 heterocycles. The molecule has 2 saturated heterocycles. The zero-order chi connectivity index (χ0) is 17.3. The number of hydrogen-bond acceptors (Lipinski definition) is 11. The molecule has 0 spiro atoms. The Bertz CT molecular complexity index is 380. The van der Waals surface area contributed by atoms with E-state index in [1.54, 1.807) is 0 Å². The zero-order valence-electron chi connectivity index (χ0n) is 12.0. The highest BCUT2D eigenvalue weighted by molar-refractivity contribution is 4.91. The Labute approximate surface area is 130 Å². The molecule has 11 heteroatoms. The van der Waals surface area contributed by atoms with Crippen LogP contribution in [0.3, 0.4) is 0 Å². The maximum Gasteiger partial charge on any atom is 0.186 e. The fourth-order valence-electron chi connectivity index (χ4n) is 2.46. The summed E-state index contributed by atoms with van der Waals surface area (Å²) in [6, 6.07) is 0. The lowest BCUT2D eigenvalue weighted by Gasteiger charge is -2.41. The van der Waals surface area contributed by atoms with Crippen molar-refractivity contribution in [1.82, 2.24) is 0 Å². The summed E-state index contributed by atoms with van der Waals surface area (Å²) in [4.78, 5) is 0. The van der Waals surface area contributed by atoms with Crippen molar-refractivity contribution in [3.8, 4) is 0 Å². The lowest BCUT2D eigenvalue weighted by molar-refractivity contribution is -0.325. The number of ether oxygens (including phenoxy) is 3. The SMILES string of the molecule is OC[C@@H]1O[C@@H](OC[C@H]2O[C@@H](O)[C@@H](O)[C@@H](O)[C@@H]2O)[C@H](O)[C@@H](O)[C@@H]1O. The van der Waals surface area contributed by atoms with Gasteiger partial charge in [0.2, 0.25) is 0 Å². The van der Waals surface area contributed by atoms with Gasteiger partial charge in [-0.25, -0.2) is 0 Å². The van der Waals surface area contributed by atoms with E-state index >= 15 is 0 Å². The molecule has 0 amide bonds. The second-order valence-corrected chi connectivity index (χ2v) is 5.57. The first-order valence-electron chi connectivity index (χ1n) is 7.07. The summed E-state index contributed by atoms with van der Waals surface area (Å²) in [6.07, 6.45) is -15.3. The maximum atomic E-state index is 9.78. The van der Waals surface area contributed by atoms with Crippen molar-refractivity contribution in [3.05, 3.63) is 0 Å². The van der Waals surface area contributed by atoms with Crippen LogP contribution in [0.2, 0.25) is 0 Å². The molecule has 2 rings (SSSR count). The molecule has 0 aliphatic carbocycles. The lowest BCUT2D eigenvalue weighted by atomic mass is 9.98. The third-order valence-corrected chi connectivity index (χ3v) is 3.96. The van der Waals surface area contributed by atoms with Crippen molar-refractivity contribution in [2.75, 3.05) is 13.2 Å². The van der Waals surface area contributed by atoms with E-state index in [1.165, 1.54) is 0 Å². The highest BCUT2D eigenvalue weighted by Crippen LogP contribution is 2.24. The molecule has 0 saturated carbocycles. The van der Waals surface area contributed by atoms with E-state index in [9.17, 15) is 35.7 Å². The van der Waals surface area contributed by atoms with Crippen LogP contribution in [-0.2, 0) is 14.2 Å². The topological polar surface area (TPSA) is 190 Å². The summed E-state index contributed by atoms with van der Waals surface area (Å²) in [6.45, 7) is -1.10. The monoisotopic (exact) mass is 342 g/mol. The van der Waals surface area contributed by atoms with Gasteiger partial charge in [-0.1, -0.05) is 0 Å². The van der Waals surface area contributed by atoms with Gasteiger partial charge in [-0.2, -0.15) is 0 Å². The predicted octanol–water partition coefficient (Wildman–Crippen LogP) is -5.40. The first kappa shape index (κ1) is 18.9. The Balaban J connectivity index is 1.94. The first-order chi connectivity index (χ1) is 10.8. The van der Waals surface area contributed by atoms with Crippen molar-refractivity contribution in [2.45, 2.75) is 61.4 Å². The Hall–Kier alpha value is -0.440. The normalized spacial score (nSPS) is 51.7. The van der Waals surface area contributed by atoms with Crippen molar-refractivity contribution in [3.63, 3.8) is 0 Å². The van der Waals surface area contributed by atoms with Crippen LogP contribution >= 0.6 is 0 Å². The summed E-state index contributed by atoms with van der Waals surface area (Å²) in [5.41, 5.74) is 0. The van der Waals surface area contributed by atoms with Gasteiger partial charge in [0.1, 0.15) is 48.8 Å². The number of hydrogen-bond donors (Lipinski definition) is 8. The molecule has 2 fully saturated rings. The lowest BCUT2D eigenvalue weighted by Crippen LogP contribution is -2.61. The maximum absolute atomic E-state index is 9.78. The minimum atomic E-state index is -1.74. The van der Waals surface area contributed by atoms with Gasteiger partial charge in [0.15, 0.2) is 12.6 Å². The molecule has 8 N–H and O–H groups in total. The van der Waals surface area contributed by atoms with Crippen molar-refractivity contribution in [2.24, 2.45) is 0 Å². The zero-order valence-corrected chi connectivity index (χ0v) is 12.0. The van der Waals surface area contributed by atoms with Gasteiger partial charge in [0.05, 0.1) is 13.2 Å². The fraction of sp³-hybridized carbons (Fsp3) is 1.00. The van der Waals surface area contributed by atoms with Gasteiger partial charge in [0.25, 0.3) is 0 Å². The molecule has 2 aliphatic heterocycles. The highest BCUT2D eigenvalue weighted by atomic mass is 16.7. The average Bonchev–Trinajstić information content (AvgIpc) is 2.54. The molecular weight excluding hydrogens is 320 g/mol. The molecule has 0 aromatic rings. The molecule has 23 heavy (non-hydrogen) atoms. The first-order valence-corrected chi connectivity index (χ1v) is 7.07. The van der Waals surface area contributed by atoms with Crippen LogP contribution < -0.4 is 0 Å². The third kappa shape index (κ3) is 3.81. The van der Waals surface area contributed by atoms with E-state index in [0.717, 1.165) is 0 Å². The number of rotatable bonds is 4. The quantitative estimate of drug-likeness (QED) is 0.243. The van der Waals surface area contributed by atoms with E-state index < -0.39 is 74.6 Å². The van der Waals surface area contributed by atoms with E-state index in [4.69, 9.17) is 19.3 Å². The summed E-state index contributed by atoms with van der Waals surface area (Å²) in [7, 11) is 0. The Morgan fingerprint density at radius 3 is 1.83 bits per heavy atom. The van der Waals surface area contributed by atoms with Crippen molar-refractivity contribution >= 4 is 0 Å². The van der Waals surface area contributed by atoms with E-state index in [2.05, 4.69) is 0 Å². The Morgan fingerprint density at radius 2 is 1.22 bits per heavy atom. The van der Waals surface area contributed by atoms with E-state index in [-0.39, 0.29) is 0 Å². The van der Waals surface area contributed by atoms with E-state index in [0.29, 0.717) is 0 Å². The number of aliphatic hydroxyl groups is 8. The smallest absolute Gasteiger partial charge is 0.186 e. The second-order valence-electron chi connectivity index (χ2n) is 5.57. The van der Waals surface area contributed by atoms with Crippen molar-refractivity contribution in [1.29, 1.82) is 0 Å². The fourth-order valence-corrected chi connectivity index (χ4v) is 2.46. The molecule has 0 aromatic heterocycles. The van der Waals surface area contributed by atoms with Crippen LogP contribution in [0, 0.1) is 0 Å².